The van der Waals surface area contributed by atoms with E-state index in [0.717, 1.165) is 12.1 Å². The van der Waals surface area contributed by atoms with E-state index in [1.807, 2.05) is 0 Å². The Morgan fingerprint density at radius 3 is 2.76 bits per heavy atom. The van der Waals surface area contributed by atoms with Gasteiger partial charge in [0.05, 0.1) is 30.2 Å². The van der Waals surface area contributed by atoms with E-state index in [9.17, 15) is 27.9 Å². The number of anilines is 3. The molecule has 3 N–H and O–H groups in total. The van der Waals surface area contributed by atoms with Gasteiger partial charge in [0.25, 0.3) is 5.91 Å². The molecule has 0 aromatic heterocycles. The van der Waals surface area contributed by atoms with E-state index in [-0.39, 0.29) is 24.9 Å². The first-order valence-electron chi connectivity index (χ1n) is 10.7. The summed E-state index contributed by atoms with van der Waals surface area (Å²) < 4.78 is 44.7. The zero-order valence-corrected chi connectivity index (χ0v) is 18.6. The van der Waals surface area contributed by atoms with E-state index in [0.29, 0.717) is 41.0 Å². The smallest absolute Gasteiger partial charge is 0.416 e. The van der Waals surface area contributed by atoms with Gasteiger partial charge < -0.3 is 25.4 Å². The van der Waals surface area contributed by atoms with Crippen molar-refractivity contribution in [3.63, 3.8) is 0 Å². The van der Waals surface area contributed by atoms with E-state index in [1.54, 1.807) is 37.1 Å². The van der Waals surface area contributed by atoms with Gasteiger partial charge in [-0.15, -0.1) is 0 Å². The molecule has 10 heteroatoms. The largest absolute Gasteiger partial charge is 0.493 e. The number of alkyl halides is 3. The van der Waals surface area contributed by atoms with Gasteiger partial charge in [-0.1, -0.05) is 6.07 Å². The predicted molar refractivity (Wildman–Crippen MR) is 122 cm³/mol. The normalized spacial score (nSPS) is 21.2. The lowest BCUT2D eigenvalue weighted by molar-refractivity contribution is -0.137. The highest BCUT2D eigenvalue weighted by molar-refractivity contribution is 6.08. The van der Waals surface area contributed by atoms with Gasteiger partial charge >= 0.3 is 6.18 Å². The number of rotatable bonds is 3. The molecule has 0 bridgehead atoms. The van der Waals surface area contributed by atoms with E-state index in [2.05, 4.69) is 10.6 Å². The summed E-state index contributed by atoms with van der Waals surface area (Å²) in [6, 6.07) is 8.25. The number of hydrogen-bond donors (Lipinski definition) is 3. The second-order valence-corrected chi connectivity index (χ2v) is 8.50. The van der Waals surface area contributed by atoms with Crippen molar-refractivity contribution in [2.45, 2.75) is 31.5 Å². The molecule has 0 aliphatic carbocycles. The predicted octanol–water partition coefficient (Wildman–Crippen LogP) is 4.04. The number of carbonyl (C=O) groups is 2. The summed E-state index contributed by atoms with van der Waals surface area (Å²) in [4.78, 5) is 26.9. The summed E-state index contributed by atoms with van der Waals surface area (Å²) in [5, 5.41) is 15.1. The Morgan fingerprint density at radius 1 is 1.29 bits per heavy atom. The number of benzene rings is 2. The van der Waals surface area contributed by atoms with Crippen LogP contribution in [0.4, 0.5) is 30.2 Å². The van der Waals surface area contributed by atoms with Crippen LogP contribution in [-0.2, 0) is 15.8 Å². The minimum absolute atomic E-state index is 0.0952. The first-order chi connectivity index (χ1) is 16.0. The number of aliphatic hydroxyl groups excluding tert-OH is 1. The van der Waals surface area contributed by atoms with Crippen LogP contribution in [0.2, 0.25) is 0 Å². The number of fused-ring (bicyclic) bond motifs is 2. The molecule has 1 atom stereocenters. The van der Waals surface area contributed by atoms with Crippen LogP contribution in [0.1, 0.15) is 30.9 Å². The number of nitrogens with one attached hydrogen (secondary N) is 2. The molecule has 2 aromatic carbocycles. The number of halogens is 3. The van der Waals surface area contributed by atoms with Crippen molar-refractivity contribution in [1.29, 1.82) is 0 Å². The molecule has 2 aliphatic rings. The van der Waals surface area contributed by atoms with Gasteiger partial charge in [-0.25, -0.2) is 0 Å². The van der Waals surface area contributed by atoms with E-state index in [4.69, 9.17) is 4.74 Å². The second kappa shape index (κ2) is 8.68. The average molecular weight is 475 g/mol. The molecule has 2 aliphatic heterocycles. The van der Waals surface area contributed by atoms with Crippen LogP contribution in [0.3, 0.4) is 0 Å². The molecule has 1 unspecified atom stereocenters. The maximum atomic E-state index is 13.1. The van der Waals surface area contributed by atoms with Crippen molar-refractivity contribution in [2.24, 2.45) is 0 Å². The van der Waals surface area contributed by atoms with Crippen molar-refractivity contribution in [3.05, 3.63) is 53.6 Å². The average Bonchev–Trinajstić information content (AvgIpc) is 2.98. The maximum Gasteiger partial charge on any atom is 0.416 e. The van der Waals surface area contributed by atoms with Crippen LogP contribution in [0.15, 0.2) is 42.5 Å². The zero-order valence-electron chi connectivity index (χ0n) is 18.6. The van der Waals surface area contributed by atoms with E-state index >= 15 is 0 Å². The summed E-state index contributed by atoms with van der Waals surface area (Å²) in [6.07, 6.45) is -2.11. The Bertz CT molecular complexity index is 1180. The molecule has 34 heavy (non-hydrogen) atoms. The van der Waals surface area contributed by atoms with Crippen LogP contribution in [0.25, 0.3) is 5.57 Å². The lowest BCUT2D eigenvalue weighted by Crippen LogP contribution is -2.58. The second-order valence-electron chi connectivity index (χ2n) is 8.50. The minimum Gasteiger partial charge on any atom is -0.493 e. The molecule has 0 saturated heterocycles. The Hall–Kier alpha value is -3.53. The summed E-state index contributed by atoms with van der Waals surface area (Å²) >= 11 is 0. The highest BCUT2D eigenvalue weighted by atomic mass is 19.4. The number of nitrogens with zero attached hydrogens (tertiary/aromatic N) is 1. The SMILES string of the molecule is CN1c2ccc(NC(=O)C=C3CCCOc4cc(C(F)(F)F)ccc43)cc2NC(=O)C1(C)CO. The zero-order chi connectivity index (χ0) is 24.7. The summed E-state index contributed by atoms with van der Waals surface area (Å²) in [5.74, 6) is -0.736. The van der Waals surface area contributed by atoms with Crippen LogP contribution >= 0.6 is 0 Å². The quantitative estimate of drug-likeness (QED) is 0.583. The summed E-state index contributed by atoms with van der Waals surface area (Å²) in [7, 11) is 1.70. The van der Waals surface area contributed by atoms with Crippen molar-refractivity contribution in [1.82, 2.24) is 0 Å². The third-order valence-corrected chi connectivity index (χ3v) is 6.22. The van der Waals surface area contributed by atoms with Gasteiger partial charge in [-0.3, -0.25) is 9.59 Å². The van der Waals surface area contributed by atoms with Gasteiger partial charge in [0.1, 0.15) is 11.3 Å². The number of allylic oxidation sites excluding steroid dienone is 1. The van der Waals surface area contributed by atoms with Gasteiger partial charge in [0.2, 0.25) is 5.91 Å². The van der Waals surface area contributed by atoms with E-state index < -0.39 is 23.2 Å². The molecule has 0 spiro atoms. The van der Waals surface area contributed by atoms with Crippen molar-refractivity contribution in [3.8, 4) is 5.75 Å². The Kier molecular flexibility index (Phi) is 6.03. The lowest BCUT2D eigenvalue weighted by Gasteiger charge is -2.42. The summed E-state index contributed by atoms with van der Waals surface area (Å²) in [6.45, 7) is 1.51. The first kappa shape index (κ1) is 23.6. The molecule has 0 saturated carbocycles. The van der Waals surface area contributed by atoms with E-state index in [1.165, 1.54) is 12.1 Å². The fourth-order valence-corrected chi connectivity index (χ4v) is 4.01. The molecule has 2 aromatic rings. The van der Waals surface area contributed by atoms with Crippen LogP contribution in [0.5, 0.6) is 5.75 Å². The van der Waals surface area contributed by atoms with Crippen molar-refractivity contribution < 1.29 is 32.6 Å². The molecule has 2 heterocycles. The lowest BCUT2D eigenvalue weighted by atomic mass is 9.95. The molecule has 0 fully saturated rings. The molecule has 4 rings (SSSR count). The molecule has 0 radical (unpaired) electrons. The number of amides is 2. The number of carbonyl (C=O) groups excluding carboxylic acids is 2. The minimum atomic E-state index is -4.49. The van der Waals surface area contributed by atoms with Gasteiger partial charge in [-0.05, 0) is 55.7 Å². The summed E-state index contributed by atoms with van der Waals surface area (Å²) in [5.41, 5.74) is 0.698. The Labute approximate surface area is 194 Å². The third kappa shape index (κ3) is 4.33. The van der Waals surface area contributed by atoms with Gasteiger partial charge in [0.15, 0.2) is 0 Å². The fourth-order valence-electron chi connectivity index (χ4n) is 4.01. The number of aliphatic hydroxyl groups is 1. The molecular weight excluding hydrogens is 451 g/mol. The maximum absolute atomic E-state index is 13.1. The van der Waals surface area contributed by atoms with Crippen molar-refractivity contribution in [2.75, 3.05) is 35.8 Å². The standard InChI is InChI=1S/C24H24F3N3O4/c1-23(13-31)22(33)29-18-12-16(6-8-19(18)30(23)2)28-21(32)10-14-4-3-9-34-20-11-15(24(25,26)27)5-7-17(14)20/h5-8,10-12,31H,3-4,9,13H2,1-2H3,(H,28,32)(H,29,33). The molecule has 180 valence electrons. The van der Waals surface area contributed by atoms with Crippen molar-refractivity contribution >= 4 is 34.4 Å². The molecule has 2 amide bonds. The topological polar surface area (TPSA) is 90.9 Å². The first-order valence-corrected chi connectivity index (χ1v) is 10.7. The highest BCUT2D eigenvalue weighted by Gasteiger charge is 2.41. The highest BCUT2D eigenvalue weighted by Crippen LogP contribution is 2.39. The Morgan fingerprint density at radius 2 is 2.06 bits per heavy atom. The Balaban J connectivity index is 1.57. The van der Waals surface area contributed by atoms with Gasteiger partial charge in [0, 0.05) is 24.4 Å². The van der Waals surface area contributed by atoms with Gasteiger partial charge in [-0.2, -0.15) is 13.2 Å². The molecule has 7 nitrogen and oxygen atoms in total. The fraction of sp³-hybridized carbons (Fsp3) is 0.333. The van der Waals surface area contributed by atoms with Crippen LogP contribution in [0, 0.1) is 0 Å². The number of ether oxygens (including phenoxy) is 1. The van der Waals surface area contributed by atoms with Crippen LogP contribution in [-0.4, -0.2) is 42.7 Å². The molecular formula is C24H24F3N3O4. The third-order valence-electron chi connectivity index (χ3n) is 6.22. The number of hydrogen-bond acceptors (Lipinski definition) is 5. The number of likely N-dealkylation sites (N-methyl/N-ethyl adjacent to an activating group) is 1. The monoisotopic (exact) mass is 475 g/mol. The van der Waals surface area contributed by atoms with Crippen LogP contribution < -0.4 is 20.3 Å².